The molecule has 1 N–H and O–H groups in total. The van der Waals surface area contributed by atoms with Crippen LogP contribution in [0.1, 0.15) is 24.1 Å². The lowest BCUT2D eigenvalue weighted by Crippen LogP contribution is -2.47. The number of anilines is 1. The molecule has 0 radical (unpaired) electrons. The van der Waals surface area contributed by atoms with Gasteiger partial charge in [0, 0.05) is 51.1 Å². The van der Waals surface area contributed by atoms with E-state index < -0.39 is 9.73 Å². The second-order valence-corrected chi connectivity index (χ2v) is 9.52. The maximum atomic E-state index is 11.8. The Morgan fingerprint density at radius 2 is 1.96 bits per heavy atom. The van der Waals surface area contributed by atoms with Crippen molar-refractivity contribution in [2.45, 2.75) is 24.3 Å². The molecule has 6 nitrogen and oxygen atoms in total. The first kappa shape index (κ1) is 18.3. The third-order valence-corrected chi connectivity index (χ3v) is 6.70. The van der Waals surface area contributed by atoms with E-state index in [9.17, 15) is 4.21 Å². The molecule has 3 heterocycles. The molecule has 144 valence electrons. The SMILES string of the molecule is CC(c1ccc2c(c1)OCC2)N1CCN(c2ccc(S(C)(=N)=O)cn2)CC1. The zero-order valence-corrected chi connectivity index (χ0v) is 16.7. The number of rotatable bonds is 4. The number of hydrogen-bond donors (Lipinski definition) is 1. The van der Waals surface area contributed by atoms with Crippen molar-refractivity contribution in [3.8, 4) is 5.75 Å². The van der Waals surface area contributed by atoms with E-state index in [0.717, 1.165) is 50.8 Å². The average Bonchev–Trinajstić information content (AvgIpc) is 3.15. The monoisotopic (exact) mass is 386 g/mol. The molecule has 0 spiro atoms. The zero-order chi connectivity index (χ0) is 19.0. The molecule has 1 fully saturated rings. The highest BCUT2D eigenvalue weighted by Gasteiger charge is 2.24. The van der Waals surface area contributed by atoms with Crippen LogP contribution in [0.3, 0.4) is 0 Å². The lowest BCUT2D eigenvalue weighted by Gasteiger charge is -2.38. The Hall–Kier alpha value is -2.12. The van der Waals surface area contributed by atoms with E-state index >= 15 is 0 Å². The summed E-state index contributed by atoms with van der Waals surface area (Å²) in [6.07, 6.45) is 4.01. The summed E-state index contributed by atoms with van der Waals surface area (Å²) in [5.41, 5.74) is 2.62. The second kappa shape index (κ2) is 7.13. The summed E-state index contributed by atoms with van der Waals surface area (Å²) in [5, 5.41) is 0. The Morgan fingerprint density at radius 1 is 1.19 bits per heavy atom. The minimum absolute atomic E-state index is 0.352. The number of ether oxygens (including phenoxy) is 1. The molecule has 2 aliphatic rings. The molecular formula is C20H26N4O2S. The molecule has 0 aliphatic carbocycles. The first-order valence-corrected chi connectivity index (χ1v) is 11.3. The van der Waals surface area contributed by atoms with Gasteiger partial charge in [-0.3, -0.25) is 4.90 Å². The van der Waals surface area contributed by atoms with Crippen LogP contribution in [0.4, 0.5) is 5.82 Å². The lowest BCUT2D eigenvalue weighted by atomic mass is 10.0. The van der Waals surface area contributed by atoms with Crippen LogP contribution in [0.25, 0.3) is 0 Å². The average molecular weight is 387 g/mol. The molecular weight excluding hydrogens is 360 g/mol. The molecule has 0 bridgehead atoms. The topological polar surface area (TPSA) is 69.5 Å². The Labute approximate surface area is 161 Å². The first-order chi connectivity index (χ1) is 12.9. The minimum atomic E-state index is -2.70. The van der Waals surface area contributed by atoms with Crippen LogP contribution in [-0.4, -0.2) is 53.1 Å². The first-order valence-electron chi connectivity index (χ1n) is 9.36. The Morgan fingerprint density at radius 3 is 2.63 bits per heavy atom. The second-order valence-electron chi connectivity index (χ2n) is 7.36. The van der Waals surface area contributed by atoms with Gasteiger partial charge in [-0.1, -0.05) is 12.1 Å². The highest BCUT2D eigenvalue weighted by atomic mass is 32.2. The van der Waals surface area contributed by atoms with Gasteiger partial charge in [0.05, 0.1) is 21.2 Å². The molecule has 0 amide bonds. The summed E-state index contributed by atoms with van der Waals surface area (Å²) in [6, 6.07) is 10.6. The fourth-order valence-corrected chi connectivity index (χ4v) is 4.36. The van der Waals surface area contributed by atoms with Crippen molar-refractivity contribution in [3.63, 3.8) is 0 Å². The number of nitrogens with zero attached hydrogens (tertiary/aromatic N) is 3. The van der Waals surface area contributed by atoms with Crippen LogP contribution in [0.5, 0.6) is 5.75 Å². The minimum Gasteiger partial charge on any atom is -0.493 e. The van der Waals surface area contributed by atoms with Crippen molar-refractivity contribution in [2.75, 3.05) is 43.9 Å². The highest BCUT2D eigenvalue weighted by Crippen LogP contribution is 2.31. The third kappa shape index (κ3) is 3.80. The molecule has 4 rings (SSSR count). The standard InChI is InChI=1S/C20H26N4O2S/c1-15(17-4-3-16-7-12-26-19(16)13-17)23-8-10-24(11-9-23)20-6-5-18(14-22-20)27(2,21)25/h3-6,13-15,21H,7-12H2,1-2H3. The van der Waals surface area contributed by atoms with Gasteiger partial charge in [0.1, 0.15) is 11.6 Å². The molecule has 2 unspecified atom stereocenters. The van der Waals surface area contributed by atoms with Gasteiger partial charge >= 0.3 is 0 Å². The number of benzene rings is 1. The van der Waals surface area contributed by atoms with Gasteiger partial charge in [-0.2, -0.15) is 0 Å². The molecule has 7 heteroatoms. The van der Waals surface area contributed by atoms with Crippen molar-refractivity contribution in [3.05, 3.63) is 47.7 Å². The van der Waals surface area contributed by atoms with E-state index in [-0.39, 0.29) is 0 Å². The van der Waals surface area contributed by atoms with E-state index in [4.69, 9.17) is 9.52 Å². The van der Waals surface area contributed by atoms with Crippen molar-refractivity contribution in [1.29, 1.82) is 4.78 Å². The van der Waals surface area contributed by atoms with Gasteiger partial charge in [0.25, 0.3) is 0 Å². The van der Waals surface area contributed by atoms with Crippen molar-refractivity contribution in [1.82, 2.24) is 9.88 Å². The summed E-state index contributed by atoms with van der Waals surface area (Å²) in [4.78, 5) is 9.65. The highest BCUT2D eigenvalue weighted by molar-refractivity contribution is 7.91. The van der Waals surface area contributed by atoms with Gasteiger partial charge < -0.3 is 9.64 Å². The van der Waals surface area contributed by atoms with Crippen LogP contribution in [0.15, 0.2) is 41.4 Å². The van der Waals surface area contributed by atoms with Crippen molar-refractivity contribution in [2.24, 2.45) is 0 Å². The molecule has 0 saturated carbocycles. The maximum Gasteiger partial charge on any atom is 0.128 e. The zero-order valence-electron chi connectivity index (χ0n) is 15.9. The van der Waals surface area contributed by atoms with E-state index in [2.05, 4.69) is 39.9 Å². The molecule has 2 aliphatic heterocycles. The Kier molecular flexibility index (Phi) is 4.82. The van der Waals surface area contributed by atoms with E-state index in [1.54, 1.807) is 12.3 Å². The third-order valence-electron chi connectivity index (χ3n) is 5.56. The predicted octanol–water partition coefficient (Wildman–Crippen LogP) is 2.94. The van der Waals surface area contributed by atoms with E-state index in [0.29, 0.717) is 10.9 Å². The van der Waals surface area contributed by atoms with E-state index in [1.165, 1.54) is 17.4 Å². The van der Waals surface area contributed by atoms with Crippen LogP contribution in [0.2, 0.25) is 0 Å². The Balaban J connectivity index is 1.40. The fourth-order valence-electron chi connectivity index (χ4n) is 3.78. The van der Waals surface area contributed by atoms with Gasteiger partial charge in [0.15, 0.2) is 0 Å². The summed E-state index contributed by atoms with van der Waals surface area (Å²) in [6.45, 7) is 6.79. The number of aromatic nitrogens is 1. The smallest absolute Gasteiger partial charge is 0.128 e. The number of nitrogens with one attached hydrogen (secondary N) is 1. The molecule has 1 aromatic carbocycles. The molecule has 2 aromatic rings. The summed E-state index contributed by atoms with van der Waals surface area (Å²) in [5.74, 6) is 1.94. The van der Waals surface area contributed by atoms with Crippen molar-refractivity contribution < 1.29 is 8.95 Å². The van der Waals surface area contributed by atoms with Crippen LogP contribution in [0, 0.1) is 4.78 Å². The Bertz CT molecular complexity index is 919. The van der Waals surface area contributed by atoms with Gasteiger partial charge in [-0.05, 0) is 36.2 Å². The van der Waals surface area contributed by atoms with Gasteiger partial charge in [-0.25, -0.2) is 14.0 Å². The van der Waals surface area contributed by atoms with Gasteiger partial charge in [-0.15, -0.1) is 0 Å². The van der Waals surface area contributed by atoms with Crippen molar-refractivity contribution >= 4 is 15.5 Å². The number of hydrogen-bond acceptors (Lipinski definition) is 6. The predicted molar refractivity (Wildman–Crippen MR) is 107 cm³/mol. The molecule has 1 aromatic heterocycles. The summed E-state index contributed by atoms with van der Waals surface area (Å²) < 4.78 is 25.2. The molecule has 1 saturated heterocycles. The van der Waals surface area contributed by atoms with Crippen LogP contribution in [-0.2, 0) is 16.1 Å². The van der Waals surface area contributed by atoms with E-state index in [1.807, 2.05) is 6.07 Å². The fraction of sp³-hybridized carbons (Fsp3) is 0.450. The number of fused-ring (bicyclic) bond motifs is 1. The molecule has 2 atom stereocenters. The maximum absolute atomic E-state index is 11.8. The normalized spacial score (nSPS) is 20.6. The lowest BCUT2D eigenvalue weighted by molar-refractivity contribution is 0.198. The largest absolute Gasteiger partial charge is 0.493 e. The number of piperazine rings is 1. The van der Waals surface area contributed by atoms with Crippen LogP contribution < -0.4 is 9.64 Å². The number of pyridine rings is 1. The quantitative estimate of drug-likeness (QED) is 0.875. The van der Waals surface area contributed by atoms with Gasteiger partial charge in [0.2, 0.25) is 0 Å². The summed E-state index contributed by atoms with van der Waals surface area (Å²) in [7, 11) is -2.70. The summed E-state index contributed by atoms with van der Waals surface area (Å²) >= 11 is 0. The molecule has 27 heavy (non-hydrogen) atoms. The van der Waals surface area contributed by atoms with Crippen LogP contribution >= 0.6 is 0 Å².